The number of nitrogens with one attached hydrogen (secondary N) is 3. The van der Waals surface area contributed by atoms with Crippen LogP contribution in [0.15, 0.2) is 6.33 Å². The molecule has 3 N–H and O–H groups in total. The van der Waals surface area contributed by atoms with Crippen LogP contribution in [0.1, 0.15) is 0 Å². The molecule has 8 nitrogen and oxygen atoms in total. The first-order valence-corrected chi connectivity index (χ1v) is 5.96. The predicted octanol–water partition coefficient (Wildman–Crippen LogP) is -0.118. The molecule has 0 aliphatic carbocycles. The first-order valence-electron chi connectivity index (χ1n) is 4.10. The average molecular weight is 263 g/mol. The van der Waals surface area contributed by atoms with Crippen molar-refractivity contribution in [2.75, 3.05) is 11.8 Å². The number of nitrogens with zero attached hydrogens (tertiary/aromatic N) is 3. The number of fused-ring (bicyclic) bond motifs is 1. The molecular formula is C6H7ClN6O2S. The van der Waals surface area contributed by atoms with Crippen molar-refractivity contribution in [2.45, 2.75) is 0 Å². The Hall–Kier alpha value is -1.45. The molecule has 0 saturated heterocycles. The van der Waals surface area contributed by atoms with E-state index in [0.29, 0.717) is 5.52 Å². The number of aromatic nitrogens is 4. The van der Waals surface area contributed by atoms with Crippen LogP contribution in [0.3, 0.4) is 0 Å². The Kier molecular flexibility index (Phi) is 2.66. The van der Waals surface area contributed by atoms with Crippen LogP contribution in [-0.4, -0.2) is 35.4 Å². The highest BCUT2D eigenvalue weighted by Crippen LogP contribution is 2.18. The Bertz CT molecular complexity index is 623. The molecule has 0 atom stereocenters. The molecule has 2 aromatic heterocycles. The summed E-state index contributed by atoms with van der Waals surface area (Å²) in [6.45, 7) is 0. The number of imidazole rings is 1. The molecule has 0 radical (unpaired) electrons. The van der Waals surface area contributed by atoms with Crippen LogP contribution in [-0.2, 0) is 10.2 Å². The highest BCUT2D eigenvalue weighted by molar-refractivity contribution is 7.90. The smallest absolute Gasteiger partial charge is 0.301 e. The fourth-order valence-corrected chi connectivity index (χ4v) is 1.67. The van der Waals surface area contributed by atoms with Gasteiger partial charge < -0.3 is 4.98 Å². The summed E-state index contributed by atoms with van der Waals surface area (Å²) in [5.41, 5.74) is 0.739. The molecule has 86 valence electrons. The number of hydrogen-bond acceptors (Lipinski definition) is 5. The van der Waals surface area contributed by atoms with E-state index in [9.17, 15) is 8.42 Å². The van der Waals surface area contributed by atoms with Crippen LogP contribution in [0, 0.1) is 0 Å². The Labute approximate surface area is 95.6 Å². The predicted molar refractivity (Wildman–Crippen MR) is 58.3 cm³/mol. The van der Waals surface area contributed by atoms with Crippen molar-refractivity contribution in [3.8, 4) is 0 Å². The van der Waals surface area contributed by atoms with Crippen LogP contribution < -0.4 is 9.44 Å². The minimum atomic E-state index is -3.66. The second kappa shape index (κ2) is 3.85. The monoisotopic (exact) mass is 262 g/mol. The molecule has 0 spiro atoms. The van der Waals surface area contributed by atoms with Gasteiger partial charge in [-0.3, -0.25) is 0 Å². The van der Waals surface area contributed by atoms with Crippen LogP contribution >= 0.6 is 11.6 Å². The number of H-pyrrole nitrogens is 1. The van der Waals surface area contributed by atoms with Crippen molar-refractivity contribution < 1.29 is 8.42 Å². The summed E-state index contributed by atoms with van der Waals surface area (Å²) in [4.78, 5) is 14.2. The third-order valence-corrected chi connectivity index (χ3v) is 3.00. The fraction of sp³-hybridized carbons (Fsp3) is 0.167. The van der Waals surface area contributed by atoms with E-state index >= 15 is 0 Å². The van der Waals surface area contributed by atoms with Crippen LogP contribution in [0.4, 0.5) is 5.95 Å². The molecule has 2 heterocycles. The molecule has 0 amide bonds. The van der Waals surface area contributed by atoms with Crippen molar-refractivity contribution >= 4 is 38.9 Å². The Morgan fingerprint density at radius 1 is 1.44 bits per heavy atom. The number of hydrogen-bond donors (Lipinski definition) is 3. The molecule has 2 aromatic rings. The van der Waals surface area contributed by atoms with Gasteiger partial charge in [0.15, 0.2) is 10.8 Å². The number of rotatable bonds is 3. The molecule has 0 unspecified atom stereocenters. The molecular weight excluding hydrogens is 256 g/mol. The summed E-state index contributed by atoms with van der Waals surface area (Å²) in [7, 11) is -2.40. The largest absolute Gasteiger partial charge is 0.341 e. The lowest BCUT2D eigenvalue weighted by molar-refractivity contribution is 0.593. The molecule has 10 heteroatoms. The maximum atomic E-state index is 11.2. The second-order valence-corrected chi connectivity index (χ2v) is 4.73. The molecule has 2 rings (SSSR count). The van der Waals surface area contributed by atoms with Crippen molar-refractivity contribution in [1.29, 1.82) is 0 Å². The standard InChI is InChI=1S/C6H7ClN6O2S/c1-8-16(14,15)13-6-11-4(7)3-5(12-6)10-2-9-3/h2,8H,1H3,(H2,9,10,11,12,13). The van der Waals surface area contributed by atoms with Gasteiger partial charge in [-0.2, -0.15) is 18.4 Å². The summed E-state index contributed by atoms with van der Waals surface area (Å²) >= 11 is 5.80. The van der Waals surface area contributed by atoms with Crippen LogP contribution in [0.2, 0.25) is 5.15 Å². The van der Waals surface area contributed by atoms with Gasteiger partial charge in [0.1, 0.15) is 5.52 Å². The zero-order valence-electron chi connectivity index (χ0n) is 8.02. The van der Waals surface area contributed by atoms with E-state index < -0.39 is 10.2 Å². The Balaban J connectivity index is 2.46. The number of aromatic amines is 1. The van der Waals surface area contributed by atoms with Crippen LogP contribution in [0.5, 0.6) is 0 Å². The van der Waals surface area contributed by atoms with Gasteiger partial charge in [0, 0.05) is 7.05 Å². The molecule has 0 aromatic carbocycles. The van der Waals surface area contributed by atoms with Crippen molar-refractivity contribution in [3.63, 3.8) is 0 Å². The number of halogens is 1. The highest BCUT2D eigenvalue weighted by Gasteiger charge is 2.12. The van der Waals surface area contributed by atoms with E-state index in [1.54, 1.807) is 0 Å². The zero-order valence-corrected chi connectivity index (χ0v) is 9.59. The van der Waals surface area contributed by atoms with Gasteiger partial charge in [-0.1, -0.05) is 11.6 Å². The topological polar surface area (TPSA) is 113 Å². The summed E-state index contributed by atoms with van der Waals surface area (Å²) in [5, 5.41) is 0.0938. The highest BCUT2D eigenvalue weighted by atomic mass is 35.5. The fourth-order valence-electron chi connectivity index (χ4n) is 1.01. The van der Waals surface area contributed by atoms with Crippen molar-refractivity contribution in [3.05, 3.63) is 11.5 Å². The quantitative estimate of drug-likeness (QED) is 0.668. The lowest BCUT2D eigenvalue weighted by Gasteiger charge is -2.04. The van der Waals surface area contributed by atoms with E-state index in [4.69, 9.17) is 11.6 Å². The van der Waals surface area contributed by atoms with Gasteiger partial charge in [0.25, 0.3) is 0 Å². The third kappa shape index (κ3) is 2.05. The van der Waals surface area contributed by atoms with Gasteiger partial charge in [0.2, 0.25) is 5.95 Å². The molecule has 0 aliphatic heterocycles. The second-order valence-electron chi connectivity index (χ2n) is 2.75. The first-order chi connectivity index (χ1) is 7.52. The van der Waals surface area contributed by atoms with Gasteiger partial charge in [0.05, 0.1) is 6.33 Å². The molecule has 0 bridgehead atoms. The lowest BCUT2D eigenvalue weighted by Crippen LogP contribution is -2.27. The zero-order chi connectivity index (χ0) is 11.8. The van der Waals surface area contributed by atoms with E-state index in [-0.39, 0.29) is 16.7 Å². The molecule has 0 saturated carbocycles. The minimum Gasteiger partial charge on any atom is -0.341 e. The lowest BCUT2D eigenvalue weighted by atomic mass is 10.6. The van der Waals surface area contributed by atoms with Gasteiger partial charge in [-0.05, 0) is 0 Å². The molecule has 0 aliphatic rings. The number of anilines is 1. The summed E-state index contributed by atoms with van der Waals surface area (Å²) < 4.78 is 26.5. The minimum absolute atomic E-state index is 0.0938. The third-order valence-electron chi connectivity index (χ3n) is 1.74. The van der Waals surface area contributed by atoms with E-state index in [1.807, 2.05) is 0 Å². The molecule has 0 fully saturated rings. The van der Waals surface area contributed by atoms with Gasteiger partial charge in [-0.25, -0.2) is 14.4 Å². The maximum absolute atomic E-state index is 11.2. The SMILES string of the molecule is CNS(=O)(=O)Nc1nc(Cl)c2[nH]cnc2n1. The Morgan fingerprint density at radius 3 is 2.88 bits per heavy atom. The average Bonchev–Trinajstić information content (AvgIpc) is 2.65. The molecule has 16 heavy (non-hydrogen) atoms. The van der Waals surface area contributed by atoms with Crippen molar-refractivity contribution in [1.82, 2.24) is 24.7 Å². The summed E-state index contributed by atoms with van der Waals surface area (Å²) in [5.74, 6) is -0.140. The Morgan fingerprint density at radius 2 is 2.19 bits per heavy atom. The summed E-state index contributed by atoms with van der Waals surface area (Å²) in [6, 6.07) is 0. The van der Waals surface area contributed by atoms with Gasteiger partial charge >= 0.3 is 10.2 Å². The summed E-state index contributed by atoms with van der Waals surface area (Å²) in [6.07, 6.45) is 1.39. The van der Waals surface area contributed by atoms with E-state index in [1.165, 1.54) is 13.4 Å². The normalized spacial score (nSPS) is 11.9. The van der Waals surface area contributed by atoms with E-state index in [0.717, 1.165) is 0 Å². The van der Waals surface area contributed by atoms with E-state index in [2.05, 4.69) is 29.4 Å². The van der Waals surface area contributed by atoms with Gasteiger partial charge in [-0.15, -0.1) is 0 Å². The van der Waals surface area contributed by atoms with Crippen LogP contribution in [0.25, 0.3) is 11.2 Å². The maximum Gasteiger partial charge on any atom is 0.301 e. The van der Waals surface area contributed by atoms with Crippen molar-refractivity contribution in [2.24, 2.45) is 0 Å². The first kappa shape index (κ1) is 11.0.